The van der Waals surface area contributed by atoms with E-state index < -0.39 is 11.6 Å². The Morgan fingerprint density at radius 1 is 0.875 bits per heavy atom. The van der Waals surface area contributed by atoms with E-state index in [-0.39, 0.29) is 10.7 Å². The zero-order valence-electron chi connectivity index (χ0n) is 8.18. The first-order valence-electron chi connectivity index (χ1n) is 4.58. The van der Waals surface area contributed by atoms with Crippen molar-refractivity contribution in [3.63, 3.8) is 0 Å². The molecule has 0 unspecified atom stereocenters. The number of anilines is 1. The van der Waals surface area contributed by atoms with Gasteiger partial charge in [0.2, 0.25) is 0 Å². The number of hydrogen-bond acceptors (Lipinski definition) is 1. The summed E-state index contributed by atoms with van der Waals surface area (Å²) in [6, 6.07) is 8.63. The largest absolute Gasteiger partial charge is 0.396 e. The second-order valence-corrected chi connectivity index (χ2v) is 3.77. The summed E-state index contributed by atoms with van der Waals surface area (Å²) < 4.78 is 26.1. The topological polar surface area (TPSA) is 26.0 Å². The molecule has 2 aromatic rings. The number of nitrogen functional groups attached to an aromatic ring is 1. The zero-order chi connectivity index (χ0) is 11.7. The summed E-state index contributed by atoms with van der Waals surface area (Å²) in [7, 11) is 0. The molecule has 82 valence electrons. The molecule has 0 fully saturated rings. The lowest BCUT2D eigenvalue weighted by atomic mass is 10.1. The Labute approximate surface area is 96.5 Å². The van der Waals surface area contributed by atoms with Gasteiger partial charge in [-0.1, -0.05) is 23.7 Å². The number of nitrogens with two attached hydrogens (primary N) is 1. The molecule has 2 rings (SSSR count). The molecule has 0 saturated carbocycles. The first kappa shape index (κ1) is 10.9. The minimum absolute atomic E-state index is 0.00901. The minimum Gasteiger partial charge on any atom is -0.396 e. The van der Waals surface area contributed by atoms with Gasteiger partial charge in [-0.3, -0.25) is 0 Å². The van der Waals surface area contributed by atoms with Crippen LogP contribution in [0, 0.1) is 11.6 Å². The molecule has 0 radical (unpaired) electrons. The van der Waals surface area contributed by atoms with E-state index in [1.165, 1.54) is 30.3 Å². The fraction of sp³-hybridized carbons (Fsp3) is 0. The van der Waals surface area contributed by atoms with Crippen LogP contribution in [0.1, 0.15) is 0 Å². The van der Waals surface area contributed by atoms with E-state index >= 15 is 0 Å². The third kappa shape index (κ3) is 1.99. The normalized spacial score (nSPS) is 10.4. The summed E-state index contributed by atoms with van der Waals surface area (Å²) in [5.74, 6) is -1.00. The van der Waals surface area contributed by atoms with Gasteiger partial charge in [-0.05, 0) is 35.4 Å². The molecule has 0 atom stereocenters. The van der Waals surface area contributed by atoms with E-state index in [4.69, 9.17) is 17.3 Å². The Balaban J connectivity index is 2.50. The zero-order valence-corrected chi connectivity index (χ0v) is 8.93. The lowest BCUT2D eigenvalue weighted by Gasteiger charge is -2.04. The molecule has 0 bridgehead atoms. The monoisotopic (exact) mass is 239 g/mol. The third-order valence-electron chi connectivity index (χ3n) is 2.25. The van der Waals surface area contributed by atoms with Crippen molar-refractivity contribution in [2.75, 3.05) is 5.73 Å². The van der Waals surface area contributed by atoms with E-state index in [2.05, 4.69) is 0 Å². The SMILES string of the molecule is Nc1ccc(-c2ccc(F)c(Cl)c2)cc1F. The summed E-state index contributed by atoms with van der Waals surface area (Å²) in [6.45, 7) is 0. The molecule has 0 aliphatic heterocycles. The molecule has 2 aromatic carbocycles. The smallest absolute Gasteiger partial charge is 0.146 e. The third-order valence-corrected chi connectivity index (χ3v) is 2.54. The molecule has 2 N–H and O–H groups in total. The first-order valence-corrected chi connectivity index (χ1v) is 4.96. The van der Waals surface area contributed by atoms with Crippen LogP contribution in [0.3, 0.4) is 0 Å². The van der Waals surface area contributed by atoms with Gasteiger partial charge in [0.25, 0.3) is 0 Å². The number of benzene rings is 2. The Bertz CT molecular complexity index is 491. The molecular formula is C12H8ClF2N. The average molecular weight is 240 g/mol. The quantitative estimate of drug-likeness (QED) is 0.751. The van der Waals surface area contributed by atoms with Crippen LogP contribution in [0.2, 0.25) is 5.02 Å². The molecule has 0 aliphatic carbocycles. The highest BCUT2D eigenvalue weighted by atomic mass is 35.5. The van der Waals surface area contributed by atoms with E-state index in [9.17, 15) is 8.78 Å². The number of rotatable bonds is 1. The highest BCUT2D eigenvalue weighted by Crippen LogP contribution is 2.26. The molecule has 1 nitrogen and oxygen atoms in total. The fourth-order valence-corrected chi connectivity index (χ4v) is 1.56. The second kappa shape index (κ2) is 4.10. The van der Waals surface area contributed by atoms with E-state index in [0.29, 0.717) is 11.1 Å². The van der Waals surface area contributed by atoms with Crippen LogP contribution < -0.4 is 5.73 Å². The Morgan fingerprint density at radius 2 is 1.50 bits per heavy atom. The molecule has 0 amide bonds. The van der Waals surface area contributed by atoms with Gasteiger partial charge in [-0.25, -0.2) is 8.78 Å². The van der Waals surface area contributed by atoms with Crippen molar-refractivity contribution >= 4 is 17.3 Å². The maximum atomic E-state index is 13.2. The summed E-state index contributed by atoms with van der Waals surface area (Å²) in [5, 5.41) is 0.00901. The van der Waals surface area contributed by atoms with Crippen molar-refractivity contribution in [3.8, 4) is 11.1 Å². The van der Waals surface area contributed by atoms with Gasteiger partial charge in [0, 0.05) is 0 Å². The van der Waals surface area contributed by atoms with Crippen molar-refractivity contribution in [2.24, 2.45) is 0 Å². The van der Waals surface area contributed by atoms with Crippen molar-refractivity contribution in [1.82, 2.24) is 0 Å². The molecular weight excluding hydrogens is 232 g/mol. The van der Waals surface area contributed by atoms with Crippen LogP contribution in [-0.4, -0.2) is 0 Å². The standard InChI is InChI=1S/C12H8ClF2N/c13-9-5-7(1-3-10(9)14)8-2-4-12(16)11(15)6-8/h1-6H,16H2. The summed E-state index contributed by atoms with van der Waals surface area (Å²) in [5.41, 5.74) is 6.69. The van der Waals surface area contributed by atoms with Gasteiger partial charge in [0.15, 0.2) is 0 Å². The summed E-state index contributed by atoms with van der Waals surface area (Å²) >= 11 is 5.64. The molecule has 4 heteroatoms. The molecule has 0 heterocycles. The number of hydrogen-bond donors (Lipinski definition) is 1. The van der Waals surface area contributed by atoms with Crippen molar-refractivity contribution < 1.29 is 8.78 Å². The summed E-state index contributed by atoms with van der Waals surface area (Å²) in [4.78, 5) is 0. The predicted octanol–water partition coefficient (Wildman–Crippen LogP) is 3.87. The van der Waals surface area contributed by atoms with Crippen LogP contribution >= 0.6 is 11.6 Å². The first-order chi connectivity index (χ1) is 7.58. The predicted molar refractivity (Wildman–Crippen MR) is 61.2 cm³/mol. The lowest BCUT2D eigenvalue weighted by Crippen LogP contribution is -1.90. The fourth-order valence-electron chi connectivity index (χ4n) is 1.38. The Hall–Kier alpha value is -1.61. The molecule has 0 aliphatic rings. The molecule has 16 heavy (non-hydrogen) atoms. The van der Waals surface area contributed by atoms with Gasteiger partial charge < -0.3 is 5.73 Å². The van der Waals surface area contributed by atoms with Crippen molar-refractivity contribution in [2.45, 2.75) is 0 Å². The van der Waals surface area contributed by atoms with E-state index in [1.807, 2.05) is 0 Å². The van der Waals surface area contributed by atoms with Crippen LogP contribution in [0.15, 0.2) is 36.4 Å². The van der Waals surface area contributed by atoms with Gasteiger partial charge in [0.1, 0.15) is 11.6 Å². The van der Waals surface area contributed by atoms with Crippen LogP contribution in [0.25, 0.3) is 11.1 Å². The maximum absolute atomic E-state index is 13.2. The Kier molecular flexibility index (Phi) is 2.79. The van der Waals surface area contributed by atoms with Crippen molar-refractivity contribution in [3.05, 3.63) is 53.1 Å². The summed E-state index contributed by atoms with van der Waals surface area (Å²) in [6.07, 6.45) is 0. The average Bonchev–Trinajstić information content (AvgIpc) is 2.26. The van der Waals surface area contributed by atoms with Crippen LogP contribution in [0.5, 0.6) is 0 Å². The Morgan fingerprint density at radius 3 is 2.12 bits per heavy atom. The molecule has 0 saturated heterocycles. The van der Waals surface area contributed by atoms with Gasteiger partial charge in [-0.15, -0.1) is 0 Å². The second-order valence-electron chi connectivity index (χ2n) is 3.37. The van der Waals surface area contributed by atoms with E-state index in [1.54, 1.807) is 6.07 Å². The molecule has 0 aromatic heterocycles. The minimum atomic E-state index is -0.502. The molecule has 0 spiro atoms. The van der Waals surface area contributed by atoms with Crippen LogP contribution in [-0.2, 0) is 0 Å². The maximum Gasteiger partial charge on any atom is 0.146 e. The number of halogens is 3. The van der Waals surface area contributed by atoms with Gasteiger partial charge >= 0.3 is 0 Å². The van der Waals surface area contributed by atoms with Crippen LogP contribution in [0.4, 0.5) is 14.5 Å². The highest BCUT2D eigenvalue weighted by molar-refractivity contribution is 6.31. The van der Waals surface area contributed by atoms with E-state index in [0.717, 1.165) is 0 Å². The lowest BCUT2D eigenvalue weighted by molar-refractivity contribution is 0.628. The van der Waals surface area contributed by atoms with Gasteiger partial charge in [-0.2, -0.15) is 0 Å². The van der Waals surface area contributed by atoms with Gasteiger partial charge in [0.05, 0.1) is 10.7 Å². The van der Waals surface area contributed by atoms with Crippen molar-refractivity contribution in [1.29, 1.82) is 0 Å². The highest BCUT2D eigenvalue weighted by Gasteiger charge is 2.05.